The van der Waals surface area contributed by atoms with Crippen LogP contribution < -0.4 is 4.31 Å². The number of hydrogen-bond donors (Lipinski definition) is 1. The molecule has 0 amide bonds. The van der Waals surface area contributed by atoms with Crippen molar-refractivity contribution in [3.8, 4) is 0 Å². The summed E-state index contributed by atoms with van der Waals surface area (Å²) in [5.41, 5.74) is 2.11. The van der Waals surface area contributed by atoms with Crippen LogP contribution in [0.5, 0.6) is 0 Å². The van der Waals surface area contributed by atoms with Gasteiger partial charge in [-0.25, -0.2) is 4.21 Å². The molecule has 1 fully saturated rings. The van der Waals surface area contributed by atoms with Crippen LogP contribution in [0.15, 0.2) is 24.3 Å². The van der Waals surface area contributed by atoms with Crippen LogP contribution in [0.1, 0.15) is 38.2 Å². The zero-order valence-corrected chi connectivity index (χ0v) is 10.9. The highest BCUT2D eigenvalue weighted by atomic mass is 32.2. The molecule has 3 nitrogen and oxygen atoms in total. The molecule has 0 bridgehead atoms. The van der Waals surface area contributed by atoms with Crippen molar-refractivity contribution in [3.63, 3.8) is 0 Å². The van der Waals surface area contributed by atoms with E-state index in [1.807, 2.05) is 24.3 Å². The van der Waals surface area contributed by atoms with Gasteiger partial charge in [-0.2, -0.15) is 0 Å². The van der Waals surface area contributed by atoms with Gasteiger partial charge in [0.15, 0.2) is 0 Å². The minimum Gasteiger partial charge on any atom is -0.289 e. The van der Waals surface area contributed by atoms with Crippen LogP contribution in [-0.4, -0.2) is 14.8 Å². The first-order chi connectivity index (χ1) is 8.22. The van der Waals surface area contributed by atoms with Gasteiger partial charge in [0.2, 0.25) is 0 Å². The molecule has 0 radical (unpaired) electrons. The molecule has 1 aromatic carbocycles. The third kappa shape index (κ3) is 2.87. The lowest BCUT2D eigenvalue weighted by molar-refractivity contribution is 0.545. The Kier molecular flexibility index (Phi) is 4.18. The highest BCUT2D eigenvalue weighted by Crippen LogP contribution is 2.29. The van der Waals surface area contributed by atoms with E-state index in [1.54, 1.807) is 4.31 Å². The molecule has 1 saturated carbocycles. The molecule has 0 heterocycles. The number of benzene rings is 1. The van der Waals surface area contributed by atoms with E-state index in [2.05, 4.69) is 6.92 Å². The fraction of sp³-hybridized carbons (Fsp3) is 0.538. The van der Waals surface area contributed by atoms with Crippen molar-refractivity contribution in [2.24, 2.45) is 0 Å². The molecule has 1 aliphatic rings. The summed E-state index contributed by atoms with van der Waals surface area (Å²) in [4.78, 5) is 0. The van der Waals surface area contributed by atoms with Gasteiger partial charge < -0.3 is 0 Å². The molecule has 0 spiro atoms. The Morgan fingerprint density at radius 3 is 2.35 bits per heavy atom. The van der Waals surface area contributed by atoms with Crippen molar-refractivity contribution in [3.05, 3.63) is 29.8 Å². The van der Waals surface area contributed by atoms with Gasteiger partial charge in [0, 0.05) is 6.04 Å². The lowest BCUT2D eigenvalue weighted by atomic mass is 10.1. The van der Waals surface area contributed by atoms with Gasteiger partial charge in [0.05, 0.1) is 5.69 Å². The number of aryl methyl sites for hydroxylation is 1. The standard InChI is InChI=1S/C13H19NO2S/c1-2-11-7-9-13(10-8-11)14(17(15)16)12-5-3-4-6-12/h7-10,12H,2-6H2,1H3,(H,15,16). The Labute approximate surface area is 105 Å². The van der Waals surface area contributed by atoms with Gasteiger partial charge in [-0.05, 0) is 37.0 Å². The van der Waals surface area contributed by atoms with E-state index < -0.39 is 11.3 Å². The Morgan fingerprint density at radius 1 is 1.29 bits per heavy atom. The number of nitrogens with zero attached hydrogens (tertiary/aromatic N) is 1. The fourth-order valence-corrected chi connectivity index (χ4v) is 3.21. The van der Waals surface area contributed by atoms with Crippen LogP contribution >= 0.6 is 0 Å². The summed E-state index contributed by atoms with van der Waals surface area (Å²) < 4.78 is 22.6. The maximum absolute atomic E-state index is 11.5. The van der Waals surface area contributed by atoms with Gasteiger partial charge in [-0.15, -0.1) is 0 Å². The van der Waals surface area contributed by atoms with Crippen molar-refractivity contribution in [2.45, 2.75) is 45.1 Å². The zero-order valence-electron chi connectivity index (χ0n) is 10.1. The second-order valence-electron chi connectivity index (χ2n) is 4.51. The quantitative estimate of drug-likeness (QED) is 0.837. The molecule has 0 aliphatic heterocycles. The van der Waals surface area contributed by atoms with E-state index >= 15 is 0 Å². The zero-order chi connectivity index (χ0) is 12.3. The number of hydrogen-bond acceptors (Lipinski definition) is 1. The van der Waals surface area contributed by atoms with Crippen LogP contribution in [0.3, 0.4) is 0 Å². The summed E-state index contributed by atoms with van der Waals surface area (Å²) in [6.45, 7) is 2.11. The molecular weight excluding hydrogens is 234 g/mol. The van der Waals surface area contributed by atoms with Crippen LogP contribution in [-0.2, 0) is 17.7 Å². The summed E-state index contributed by atoms with van der Waals surface area (Å²) >= 11 is -1.92. The lowest BCUT2D eigenvalue weighted by Crippen LogP contribution is -2.34. The summed E-state index contributed by atoms with van der Waals surface area (Å²) in [7, 11) is 0. The van der Waals surface area contributed by atoms with Gasteiger partial charge in [0.1, 0.15) is 0 Å². The Bertz CT molecular complexity index is 385. The largest absolute Gasteiger partial charge is 0.289 e. The second-order valence-corrected chi connectivity index (χ2v) is 5.37. The van der Waals surface area contributed by atoms with E-state index in [-0.39, 0.29) is 6.04 Å². The minimum absolute atomic E-state index is 0.216. The smallest absolute Gasteiger partial charge is 0.262 e. The van der Waals surface area contributed by atoms with Crippen molar-refractivity contribution >= 4 is 17.0 Å². The number of rotatable bonds is 4. The SMILES string of the molecule is CCc1ccc(N(C2CCCC2)S(=O)O)cc1. The highest BCUT2D eigenvalue weighted by molar-refractivity contribution is 7.80. The normalized spacial score (nSPS) is 18.2. The van der Waals surface area contributed by atoms with E-state index in [1.165, 1.54) is 5.56 Å². The molecule has 1 aliphatic carbocycles. The van der Waals surface area contributed by atoms with Crippen LogP contribution in [0.25, 0.3) is 0 Å². The highest BCUT2D eigenvalue weighted by Gasteiger charge is 2.26. The molecule has 94 valence electrons. The summed E-state index contributed by atoms with van der Waals surface area (Å²) in [6, 6.07) is 8.18. The molecule has 0 saturated heterocycles. The summed E-state index contributed by atoms with van der Waals surface area (Å²) in [5, 5.41) is 0. The first-order valence-corrected chi connectivity index (χ1v) is 7.28. The molecule has 1 N–H and O–H groups in total. The topological polar surface area (TPSA) is 40.5 Å². The Balaban J connectivity index is 2.22. The molecule has 0 aromatic heterocycles. The van der Waals surface area contributed by atoms with Gasteiger partial charge >= 0.3 is 0 Å². The van der Waals surface area contributed by atoms with Crippen molar-refractivity contribution in [1.29, 1.82) is 0 Å². The number of anilines is 1. The van der Waals surface area contributed by atoms with Crippen molar-refractivity contribution < 1.29 is 8.76 Å². The molecule has 4 heteroatoms. The summed E-state index contributed by atoms with van der Waals surface area (Å²) in [6.07, 6.45) is 5.34. The maximum Gasteiger partial charge on any atom is 0.262 e. The predicted molar refractivity (Wildman–Crippen MR) is 71.3 cm³/mol. The third-order valence-corrected chi connectivity index (χ3v) is 4.27. The van der Waals surface area contributed by atoms with E-state index in [0.29, 0.717) is 0 Å². The molecule has 17 heavy (non-hydrogen) atoms. The van der Waals surface area contributed by atoms with Crippen molar-refractivity contribution in [1.82, 2.24) is 0 Å². The molecule has 1 unspecified atom stereocenters. The average molecular weight is 253 g/mol. The predicted octanol–water partition coefficient (Wildman–Crippen LogP) is 3.13. The van der Waals surface area contributed by atoms with Gasteiger partial charge in [-0.3, -0.25) is 8.86 Å². The fourth-order valence-electron chi connectivity index (χ4n) is 2.45. The van der Waals surface area contributed by atoms with Crippen LogP contribution in [0.4, 0.5) is 5.69 Å². The average Bonchev–Trinajstić information content (AvgIpc) is 2.83. The molecule has 2 rings (SSSR count). The monoisotopic (exact) mass is 253 g/mol. The lowest BCUT2D eigenvalue weighted by Gasteiger charge is -2.26. The Morgan fingerprint density at radius 2 is 1.88 bits per heavy atom. The third-order valence-electron chi connectivity index (χ3n) is 3.42. The Hall–Kier alpha value is -0.870. The van der Waals surface area contributed by atoms with E-state index in [0.717, 1.165) is 37.8 Å². The molecule has 1 aromatic rings. The van der Waals surface area contributed by atoms with Gasteiger partial charge in [-0.1, -0.05) is 31.9 Å². The van der Waals surface area contributed by atoms with Gasteiger partial charge in [0.25, 0.3) is 11.3 Å². The second kappa shape index (κ2) is 5.65. The summed E-state index contributed by atoms with van der Waals surface area (Å²) in [5.74, 6) is 0. The van der Waals surface area contributed by atoms with Crippen LogP contribution in [0.2, 0.25) is 0 Å². The minimum atomic E-state index is -1.92. The molecule has 1 atom stereocenters. The van der Waals surface area contributed by atoms with Crippen LogP contribution in [0, 0.1) is 0 Å². The molecular formula is C13H19NO2S. The van der Waals surface area contributed by atoms with Crippen molar-refractivity contribution in [2.75, 3.05) is 4.31 Å². The van der Waals surface area contributed by atoms with E-state index in [4.69, 9.17) is 0 Å². The first-order valence-electron chi connectivity index (χ1n) is 6.21. The maximum atomic E-state index is 11.5. The van der Waals surface area contributed by atoms with E-state index in [9.17, 15) is 8.76 Å². The first kappa shape index (κ1) is 12.6.